The molecular weight excluding hydrogens is 554 g/mol. The van der Waals surface area contributed by atoms with E-state index >= 15 is 0 Å². The average Bonchev–Trinajstić information content (AvgIpc) is 2.71. The van der Waals surface area contributed by atoms with Crippen LogP contribution in [0.2, 0.25) is 1.41 Å². The standard InChI is InChI=1S/C26H40N3O.W/c1-18(2)14-23-8-10-24(11-9-23)21(6)26(30)15-25(16-27)22(7)28-13-12-20(5)29-17-19(3)4;/h8-11,17-18,21,25,28-29H,3,5,7,12-16,27H2,1-2,4,6H3;/q-1;/i/hD. The molecule has 0 radical (unpaired) electrons. The van der Waals surface area contributed by atoms with Crippen LogP contribution < -0.4 is 16.4 Å². The van der Waals surface area contributed by atoms with E-state index < -0.39 is 0 Å². The molecule has 1 aromatic carbocycles. The van der Waals surface area contributed by atoms with Gasteiger partial charge in [0.2, 0.25) is 0 Å². The molecule has 5 heteroatoms. The van der Waals surface area contributed by atoms with Gasteiger partial charge in [-0.05, 0) is 29.2 Å². The van der Waals surface area contributed by atoms with Crippen molar-refractivity contribution in [3.63, 3.8) is 0 Å². The summed E-state index contributed by atoms with van der Waals surface area (Å²) in [5, 5.41) is 6.39. The SMILES string of the molecule is [2H]NCC(CC(=O)C(C)c1ccc(CC(C)C)cc1)C(=C)NCCC(=C)N[CH-]C(=C)C.[W]. The average molecular weight is 595 g/mol. The molecule has 0 amide bonds. The van der Waals surface area contributed by atoms with Gasteiger partial charge < -0.3 is 16.4 Å². The van der Waals surface area contributed by atoms with Crippen LogP contribution in [0.1, 0.15) is 57.6 Å². The molecule has 172 valence electrons. The molecule has 0 heterocycles. The number of hydrogen-bond acceptors (Lipinski definition) is 4. The molecule has 31 heavy (non-hydrogen) atoms. The van der Waals surface area contributed by atoms with E-state index in [-0.39, 0.29) is 38.7 Å². The van der Waals surface area contributed by atoms with Gasteiger partial charge in [-0.3, -0.25) is 4.79 Å². The van der Waals surface area contributed by atoms with E-state index in [2.05, 4.69) is 74.2 Å². The fraction of sp³-hybridized carbons (Fsp3) is 0.462. The molecule has 0 saturated carbocycles. The molecule has 0 saturated heterocycles. The van der Waals surface area contributed by atoms with E-state index in [1.807, 2.05) is 20.4 Å². The number of ketones is 1. The van der Waals surface area contributed by atoms with E-state index in [1.165, 1.54) is 5.56 Å². The first kappa shape index (κ1) is 27.3. The maximum Gasteiger partial charge on any atom is 0.140 e. The Labute approximate surface area is 205 Å². The largest absolute Gasteiger partial charge is 0.443 e. The summed E-state index contributed by atoms with van der Waals surface area (Å²) in [6, 6.07) is 8.36. The number of rotatable bonds is 16. The molecule has 0 fully saturated rings. The number of benzene rings is 1. The smallest absolute Gasteiger partial charge is 0.140 e. The zero-order valence-electron chi connectivity index (χ0n) is 20.6. The summed E-state index contributed by atoms with van der Waals surface area (Å²) in [6.45, 7) is 23.0. The minimum Gasteiger partial charge on any atom is -0.443 e. The molecule has 0 aliphatic carbocycles. The summed E-state index contributed by atoms with van der Waals surface area (Å²) >= 11 is 0. The quantitative estimate of drug-likeness (QED) is 0.239. The Hall–Kier alpha value is -1.77. The van der Waals surface area contributed by atoms with Crippen LogP contribution in [0, 0.1) is 18.4 Å². The van der Waals surface area contributed by atoms with Gasteiger partial charge in [-0.25, -0.2) is 12.2 Å². The van der Waals surface area contributed by atoms with Gasteiger partial charge in [0, 0.05) is 64.5 Å². The maximum absolute atomic E-state index is 12.9. The Kier molecular flexibility index (Phi) is 13.3. The third-order valence-corrected chi connectivity index (χ3v) is 5.09. The zero-order chi connectivity index (χ0) is 23.4. The van der Waals surface area contributed by atoms with Crippen molar-refractivity contribution in [3.8, 4) is 0 Å². The minimum absolute atomic E-state index is 0. The molecule has 0 aliphatic rings. The molecule has 0 bridgehead atoms. The van der Waals surface area contributed by atoms with Crippen molar-refractivity contribution in [2.75, 3.05) is 13.1 Å². The fourth-order valence-electron chi connectivity index (χ4n) is 3.15. The Morgan fingerprint density at radius 3 is 2.39 bits per heavy atom. The van der Waals surface area contributed by atoms with E-state index in [1.54, 1.807) is 0 Å². The van der Waals surface area contributed by atoms with Crippen molar-refractivity contribution < 1.29 is 27.3 Å². The molecule has 0 spiro atoms. The number of carbonyl (C=O) groups is 1. The Morgan fingerprint density at radius 1 is 1.19 bits per heavy atom. The van der Waals surface area contributed by atoms with Gasteiger partial charge in [0.25, 0.3) is 0 Å². The second kappa shape index (κ2) is 15.1. The third kappa shape index (κ3) is 11.4. The number of nitrogens with one attached hydrogen (secondary N) is 2. The van der Waals surface area contributed by atoms with Gasteiger partial charge in [0.1, 0.15) is 7.20 Å². The van der Waals surface area contributed by atoms with Crippen LogP contribution in [0.5, 0.6) is 0 Å². The van der Waals surface area contributed by atoms with E-state index in [0.717, 1.165) is 35.4 Å². The topological polar surface area (TPSA) is 67.2 Å². The molecule has 4 N–H and O–H groups in total. The van der Waals surface area contributed by atoms with Crippen LogP contribution in [-0.4, -0.2) is 18.9 Å². The maximum atomic E-state index is 12.9. The molecule has 2 unspecified atom stereocenters. The van der Waals surface area contributed by atoms with Crippen molar-refractivity contribution in [1.82, 2.24) is 10.6 Å². The molecule has 1 rings (SSSR count). The third-order valence-electron chi connectivity index (χ3n) is 5.09. The van der Waals surface area contributed by atoms with Gasteiger partial charge >= 0.3 is 0 Å². The van der Waals surface area contributed by atoms with Crippen LogP contribution in [0.15, 0.2) is 61.0 Å². The Bertz CT molecular complexity index is 746. The summed E-state index contributed by atoms with van der Waals surface area (Å²) in [5.41, 5.74) is 7.35. The molecule has 2 atom stereocenters. The number of nitrogens with two attached hydrogens (primary N) is 1. The van der Waals surface area contributed by atoms with E-state index in [4.69, 9.17) is 1.41 Å². The second-order valence-electron chi connectivity index (χ2n) is 8.57. The zero-order valence-corrected chi connectivity index (χ0v) is 22.5. The first-order valence-electron chi connectivity index (χ1n) is 11.3. The first-order valence-corrected chi connectivity index (χ1v) is 10.8. The fourth-order valence-corrected chi connectivity index (χ4v) is 3.15. The van der Waals surface area contributed by atoms with Crippen molar-refractivity contribution >= 4 is 5.78 Å². The second-order valence-corrected chi connectivity index (χ2v) is 8.57. The summed E-state index contributed by atoms with van der Waals surface area (Å²) in [7, 11) is 0. The van der Waals surface area contributed by atoms with Gasteiger partial charge in [-0.1, -0.05) is 65.1 Å². The van der Waals surface area contributed by atoms with Crippen LogP contribution in [-0.2, 0) is 32.3 Å². The van der Waals surface area contributed by atoms with Crippen LogP contribution in [0.4, 0.5) is 0 Å². The van der Waals surface area contributed by atoms with Gasteiger partial charge in [0.15, 0.2) is 0 Å². The Morgan fingerprint density at radius 2 is 1.84 bits per heavy atom. The molecular formula is C26H40N3OW-. The van der Waals surface area contributed by atoms with Gasteiger partial charge in [-0.15, -0.1) is 6.54 Å². The summed E-state index contributed by atoms with van der Waals surface area (Å²) < 4.78 is 7.39. The van der Waals surface area contributed by atoms with Crippen molar-refractivity contribution in [2.24, 2.45) is 17.6 Å². The molecule has 1 aromatic rings. The minimum atomic E-state index is -0.184. The number of carbonyl (C=O) groups excluding carboxylic acids is 1. The van der Waals surface area contributed by atoms with Gasteiger partial charge in [0.05, 0.1) is 0 Å². The molecule has 4 nitrogen and oxygen atoms in total. The predicted octanol–water partition coefficient (Wildman–Crippen LogP) is 4.85. The van der Waals surface area contributed by atoms with Crippen molar-refractivity contribution in [3.05, 3.63) is 78.6 Å². The van der Waals surface area contributed by atoms with Crippen LogP contribution in [0.25, 0.3) is 0 Å². The number of hydrogen-bond donors (Lipinski definition) is 3. The predicted molar refractivity (Wildman–Crippen MR) is 129 cm³/mol. The normalized spacial score (nSPS) is 12.7. The Balaban J connectivity index is 0.00000961. The van der Waals surface area contributed by atoms with Crippen LogP contribution >= 0.6 is 0 Å². The summed E-state index contributed by atoms with van der Waals surface area (Å²) in [6.07, 6.45) is 2.10. The van der Waals surface area contributed by atoms with E-state index in [0.29, 0.717) is 25.4 Å². The van der Waals surface area contributed by atoms with E-state index in [9.17, 15) is 4.79 Å². The van der Waals surface area contributed by atoms with Crippen molar-refractivity contribution in [1.29, 1.82) is 0 Å². The monoisotopic (exact) mass is 595 g/mol. The van der Waals surface area contributed by atoms with Crippen molar-refractivity contribution in [2.45, 2.75) is 52.9 Å². The van der Waals surface area contributed by atoms with Crippen LogP contribution in [0.3, 0.4) is 0 Å². The summed E-state index contributed by atoms with van der Waals surface area (Å²) in [4.78, 5) is 12.9. The van der Waals surface area contributed by atoms with Gasteiger partial charge in [-0.2, -0.15) is 0 Å². The first-order chi connectivity index (χ1) is 14.6. The molecule has 0 aromatic heterocycles. The number of Topliss-reactive ketones (excluding diaryl/α,β-unsaturated/α-hetero) is 1. The molecule has 0 aliphatic heterocycles. The summed E-state index contributed by atoms with van der Waals surface area (Å²) in [5.74, 6) is 0.437.